The molecule has 1 aliphatic heterocycles. The Kier molecular flexibility index (Phi) is 7.63. The molecular formula is C25H21F4N3O6S. The standard InChI is InChI=1S/C25H21F4N3O6S/c1-38-16-9-11-17(12-10-16)39(36,37)32-13-15-5-2-3-8-20(15)31(14-21(32)23(33)30-35)24(34)22-18(25(27,28)29)6-4-7-19(22)26/h2-12,21,35H,13-14H2,1H3,(H,30,33). The zero-order chi connectivity index (χ0) is 28.5. The lowest BCUT2D eigenvalue weighted by atomic mass is 10.0. The molecule has 3 aromatic rings. The Hall–Kier alpha value is -4.01. The van der Waals surface area contributed by atoms with E-state index in [1.807, 2.05) is 0 Å². The van der Waals surface area contributed by atoms with Crippen molar-refractivity contribution >= 4 is 27.5 Å². The van der Waals surface area contributed by atoms with Gasteiger partial charge in [-0.3, -0.25) is 14.8 Å². The number of hydrogen-bond donors (Lipinski definition) is 2. The molecule has 0 spiro atoms. The highest BCUT2D eigenvalue weighted by atomic mass is 32.2. The van der Waals surface area contributed by atoms with Gasteiger partial charge in [-0.05, 0) is 48.0 Å². The van der Waals surface area contributed by atoms with Gasteiger partial charge >= 0.3 is 6.18 Å². The predicted octanol–water partition coefficient (Wildman–Crippen LogP) is 3.58. The van der Waals surface area contributed by atoms with Gasteiger partial charge in [0.1, 0.15) is 17.6 Å². The quantitative estimate of drug-likeness (QED) is 0.277. The number of methoxy groups -OCH3 is 1. The van der Waals surface area contributed by atoms with Crippen molar-refractivity contribution in [2.45, 2.75) is 23.7 Å². The van der Waals surface area contributed by atoms with Gasteiger partial charge in [0.25, 0.3) is 11.8 Å². The Morgan fingerprint density at radius 3 is 2.31 bits per heavy atom. The Balaban J connectivity index is 1.88. The number of para-hydroxylation sites is 1. The van der Waals surface area contributed by atoms with Gasteiger partial charge in [-0.2, -0.15) is 17.5 Å². The highest BCUT2D eigenvalue weighted by Crippen LogP contribution is 2.37. The van der Waals surface area contributed by atoms with E-state index in [0.29, 0.717) is 27.1 Å². The van der Waals surface area contributed by atoms with E-state index in [2.05, 4.69) is 0 Å². The second-order valence-electron chi connectivity index (χ2n) is 8.42. The lowest BCUT2D eigenvalue weighted by Crippen LogP contribution is -2.53. The number of hydrogen-bond acceptors (Lipinski definition) is 6. The van der Waals surface area contributed by atoms with E-state index in [1.54, 1.807) is 0 Å². The molecule has 206 valence electrons. The fourth-order valence-electron chi connectivity index (χ4n) is 4.28. The van der Waals surface area contributed by atoms with Crippen LogP contribution in [-0.2, 0) is 27.5 Å². The molecule has 3 aromatic carbocycles. The van der Waals surface area contributed by atoms with Gasteiger partial charge < -0.3 is 9.64 Å². The Labute approximate surface area is 220 Å². The summed E-state index contributed by atoms with van der Waals surface area (Å²) in [7, 11) is -3.12. The molecule has 0 saturated carbocycles. The number of rotatable bonds is 5. The van der Waals surface area contributed by atoms with E-state index in [4.69, 9.17) is 4.74 Å². The molecule has 0 radical (unpaired) electrons. The first-order valence-corrected chi connectivity index (χ1v) is 12.7. The summed E-state index contributed by atoms with van der Waals surface area (Å²) in [6, 6.07) is 11.1. The number of benzene rings is 3. The molecule has 9 nitrogen and oxygen atoms in total. The number of nitrogens with zero attached hydrogens (tertiary/aromatic N) is 2. The third-order valence-electron chi connectivity index (χ3n) is 6.17. The molecule has 1 atom stereocenters. The first kappa shape index (κ1) is 28.0. The lowest BCUT2D eigenvalue weighted by molar-refractivity contribution is -0.138. The minimum atomic E-state index is -5.09. The van der Waals surface area contributed by atoms with Crippen LogP contribution in [0, 0.1) is 5.82 Å². The van der Waals surface area contributed by atoms with Crippen LogP contribution >= 0.6 is 0 Å². The first-order valence-electron chi connectivity index (χ1n) is 11.3. The zero-order valence-electron chi connectivity index (χ0n) is 20.1. The normalized spacial score (nSPS) is 16.3. The van der Waals surface area contributed by atoms with Crippen molar-refractivity contribution in [3.8, 4) is 5.75 Å². The molecule has 0 saturated heterocycles. The van der Waals surface area contributed by atoms with E-state index in [1.165, 1.54) is 61.1 Å². The van der Waals surface area contributed by atoms with Crippen LogP contribution in [0.15, 0.2) is 71.6 Å². The number of fused-ring (bicyclic) bond motifs is 1. The van der Waals surface area contributed by atoms with Crippen LogP contribution in [-0.4, -0.2) is 49.4 Å². The van der Waals surface area contributed by atoms with Crippen LogP contribution in [0.4, 0.5) is 23.2 Å². The molecule has 4 rings (SSSR count). The van der Waals surface area contributed by atoms with E-state index < -0.39 is 64.1 Å². The van der Waals surface area contributed by atoms with Gasteiger partial charge in [-0.25, -0.2) is 18.3 Å². The van der Waals surface area contributed by atoms with Crippen LogP contribution in [0.1, 0.15) is 21.5 Å². The number of anilines is 1. The topological polar surface area (TPSA) is 116 Å². The van der Waals surface area contributed by atoms with Gasteiger partial charge in [0.2, 0.25) is 10.0 Å². The Morgan fingerprint density at radius 1 is 1.03 bits per heavy atom. The third-order valence-corrected chi connectivity index (χ3v) is 8.04. The molecule has 2 N–H and O–H groups in total. The highest BCUT2D eigenvalue weighted by Gasteiger charge is 2.44. The maximum atomic E-state index is 14.8. The summed E-state index contributed by atoms with van der Waals surface area (Å²) in [5.74, 6) is -3.82. The fourth-order valence-corrected chi connectivity index (χ4v) is 5.83. The molecular weight excluding hydrogens is 546 g/mol. The molecule has 14 heteroatoms. The SMILES string of the molecule is COc1ccc(S(=O)(=O)N2Cc3ccccc3N(C(=O)c3c(F)cccc3C(F)(F)F)CC2C(=O)NO)cc1. The monoisotopic (exact) mass is 567 g/mol. The van der Waals surface area contributed by atoms with E-state index >= 15 is 0 Å². The number of ether oxygens (including phenoxy) is 1. The molecule has 2 amide bonds. The molecule has 1 heterocycles. The maximum absolute atomic E-state index is 14.8. The number of alkyl halides is 3. The molecule has 0 fully saturated rings. The van der Waals surface area contributed by atoms with Gasteiger partial charge in [0.05, 0.1) is 29.7 Å². The van der Waals surface area contributed by atoms with Crippen LogP contribution in [0.2, 0.25) is 0 Å². The van der Waals surface area contributed by atoms with E-state index in [9.17, 15) is 40.8 Å². The second-order valence-corrected chi connectivity index (χ2v) is 10.3. The average Bonchev–Trinajstić information content (AvgIpc) is 3.09. The summed E-state index contributed by atoms with van der Waals surface area (Å²) in [5.41, 5.74) is -1.39. The summed E-state index contributed by atoms with van der Waals surface area (Å²) >= 11 is 0. The maximum Gasteiger partial charge on any atom is 0.417 e. The van der Waals surface area contributed by atoms with E-state index in [0.717, 1.165) is 6.07 Å². The number of carbonyl (C=O) groups excluding carboxylic acids is 2. The molecule has 0 aromatic heterocycles. The number of hydroxylamine groups is 1. The summed E-state index contributed by atoms with van der Waals surface area (Å²) < 4.78 is 89.0. The Bertz CT molecular complexity index is 1510. The van der Waals surface area contributed by atoms with Crippen LogP contribution in [0.25, 0.3) is 0 Å². The lowest BCUT2D eigenvalue weighted by Gasteiger charge is -2.30. The van der Waals surface area contributed by atoms with E-state index in [-0.39, 0.29) is 16.1 Å². The summed E-state index contributed by atoms with van der Waals surface area (Å²) in [5, 5.41) is 9.41. The number of amides is 2. The van der Waals surface area contributed by atoms with Crippen molar-refractivity contribution < 1.29 is 45.5 Å². The second kappa shape index (κ2) is 10.6. The van der Waals surface area contributed by atoms with Crippen molar-refractivity contribution in [2.75, 3.05) is 18.6 Å². The minimum Gasteiger partial charge on any atom is -0.497 e. The van der Waals surface area contributed by atoms with Crippen LogP contribution < -0.4 is 15.1 Å². The fraction of sp³-hybridized carbons (Fsp3) is 0.200. The van der Waals surface area contributed by atoms with Crippen molar-refractivity contribution in [2.24, 2.45) is 0 Å². The van der Waals surface area contributed by atoms with Gasteiger partial charge in [-0.15, -0.1) is 0 Å². The van der Waals surface area contributed by atoms with Crippen molar-refractivity contribution in [1.29, 1.82) is 0 Å². The highest BCUT2D eigenvalue weighted by molar-refractivity contribution is 7.89. The van der Waals surface area contributed by atoms with Gasteiger partial charge in [0.15, 0.2) is 0 Å². The summed E-state index contributed by atoms with van der Waals surface area (Å²) in [4.78, 5) is 26.8. The average molecular weight is 568 g/mol. The van der Waals surface area contributed by atoms with Crippen LogP contribution in [0.3, 0.4) is 0 Å². The smallest absolute Gasteiger partial charge is 0.417 e. The van der Waals surface area contributed by atoms with Crippen LogP contribution in [0.5, 0.6) is 5.75 Å². The molecule has 39 heavy (non-hydrogen) atoms. The van der Waals surface area contributed by atoms with Crippen molar-refractivity contribution in [3.05, 3.63) is 89.2 Å². The summed E-state index contributed by atoms with van der Waals surface area (Å²) in [6.45, 7) is -1.35. The van der Waals surface area contributed by atoms with Gasteiger partial charge in [0, 0.05) is 12.2 Å². The molecule has 1 unspecified atom stereocenters. The van der Waals surface area contributed by atoms with Crippen molar-refractivity contribution in [3.63, 3.8) is 0 Å². The Morgan fingerprint density at radius 2 is 1.69 bits per heavy atom. The number of nitrogens with one attached hydrogen (secondary N) is 1. The minimum absolute atomic E-state index is 0.0398. The molecule has 0 bridgehead atoms. The van der Waals surface area contributed by atoms with Crippen molar-refractivity contribution in [1.82, 2.24) is 9.79 Å². The number of halogens is 4. The third kappa shape index (κ3) is 5.30. The molecule has 0 aliphatic carbocycles. The first-order chi connectivity index (χ1) is 18.4. The number of carbonyl (C=O) groups is 2. The summed E-state index contributed by atoms with van der Waals surface area (Å²) in [6.07, 6.45) is -5.09. The zero-order valence-corrected chi connectivity index (χ0v) is 21.0. The number of sulfonamides is 1. The molecule has 1 aliphatic rings. The largest absolute Gasteiger partial charge is 0.497 e. The van der Waals surface area contributed by atoms with Gasteiger partial charge in [-0.1, -0.05) is 24.3 Å². The predicted molar refractivity (Wildman–Crippen MR) is 129 cm³/mol.